The van der Waals surface area contributed by atoms with Crippen molar-refractivity contribution in [3.63, 3.8) is 0 Å². The van der Waals surface area contributed by atoms with E-state index in [2.05, 4.69) is 108 Å². The van der Waals surface area contributed by atoms with Crippen molar-refractivity contribution >= 4 is 76.6 Å². The van der Waals surface area contributed by atoms with Gasteiger partial charge >= 0.3 is 0 Å². The van der Waals surface area contributed by atoms with E-state index in [4.69, 9.17) is 18.8 Å². The van der Waals surface area contributed by atoms with E-state index in [0.29, 0.717) is 11.4 Å². The fourth-order valence-electron chi connectivity index (χ4n) is 7.64. The summed E-state index contributed by atoms with van der Waals surface area (Å²) in [6.45, 7) is 0. The van der Waals surface area contributed by atoms with Crippen molar-refractivity contribution < 1.29 is 8.83 Å². The molecule has 0 spiro atoms. The van der Waals surface area contributed by atoms with Crippen molar-refractivity contribution in [2.45, 2.75) is 0 Å². The van der Waals surface area contributed by atoms with Gasteiger partial charge in [-0.3, -0.25) is 0 Å². The maximum atomic E-state index is 6.51. The molecule has 0 saturated carbocycles. The molecule has 0 unspecified atom stereocenters. The lowest BCUT2D eigenvalue weighted by molar-refractivity contribution is 0.667. The number of furan rings is 2. The molecular formula is C44H25N3O2. The number of hydrogen-bond donors (Lipinski definition) is 0. The summed E-state index contributed by atoms with van der Waals surface area (Å²) in [4.78, 5) is 10.4. The van der Waals surface area contributed by atoms with E-state index in [1.807, 2.05) is 48.5 Å². The smallest absolute Gasteiger partial charge is 0.180 e. The van der Waals surface area contributed by atoms with Gasteiger partial charge in [0.15, 0.2) is 11.4 Å². The van der Waals surface area contributed by atoms with Crippen molar-refractivity contribution in [2.75, 3.05) is 0 Å². The largest absolute Gasteiger partial charge is 0.456 e. The van der Waals surface area contributed by atoms with E-state index >= 15 is 0 Å². The van der Waals surface area contributed by atoms with Crippen LogP contribution >= 0.6 is 0 Å². The molecule has 5 nitrogen and oxygen atoms in total. The van der Waals surface area contributed by atoms with Gasteiger partial charge < -0.3 is 13.4 Å². The summed E-state index contributed by atoms with van der Waals surface area (Å²) in [6.07, 6.45) is 0. The Morgan fingerprint density at radius 2 is 1.24 bits per heavy atom. The maximum Gasteiger partial charge on any atom is 0.180 e. The highest BCUT2D eigenvalue weighted by atomic mass is 16.3. The Kier molecular flexibility index (Phi) is 5.32. The van der Waals surface area contributed by atoms with Crippen LogP contribution < -0.4 is 0 Å². The average molecular weight is 628 g/mol. The van der Waals surface area contributed by atoms with Crippen LogP contribution in [-0.2, 0) is 0 Å². The highest BCUT2D eigenvalue weighted by Crippen LogP contribution is 2.42. The first-order valence-corrected chi connectivity index (χ1v) is 16.4. The van der Waals surface area contributed by atoms with Crippen LogP contribution in [-0.4, -0.2) is 14.5 Å². The van der Waals surface area contributed by atoms with Gasteiger partial charge in [0.2, 0.25) is 0 Å². The first-order valence-electron chi connectivity index (χ1n) is 16.4. The molecule has 4 aromatic heterocycles. The predicted octanol–water partition coefficient (Wildman–Crippen LogP) is 11.9. The van der Waals surface area contributed by atoms with Crippen LogP contribution in [0.3, 0.4) is 0 Å². The highest BCUT2D eigenvalue weighted by Gasteiger charge is 2.22. The molecule has 0 aliphatic heterocycles. The lowest BCUT2D eigenvalue weighted by atomic mass is 10.0. The first kappa shape index (κ1) is 26.4. The van der Waals surface area contributed by atoms with Crippen LogP contribution in [0.4, 0.5) is 0 Å². The van der Waals surface area contributed by atoms with Gasteiger partial charge in [0.25, 0.3) is 0 Å². The summed E-state index contributed by atoms with van der Waals surface area (Å²) >= 11 is 0. The second-order valence-corrected chi connectivity index (χ2v) is 12.5. The molecule has 0 fully saturated rings. The minimum atomic E-state index is 0.625. The molecule has 0 aliphatic rings. The van der Waals surface area contributed by atoms with E-state index in [9.17, 15) is 0 Å². The Bertz CT molecular complexity index is 3110. The summed E-state index contributed by atoms with van der Waals surface area (Å²) < 4.78 is 15.3. The zero-order valence-electron chi connectivity index (χ0n) is 26.1. The Morgan fingerprint density at radius 3 is 2.16 bits per heavy atom. The topological polar surface area (TPSA) is 57.0 Å². The molecule has 11 rings (SSSR count). The second-order valence-electron chi connectivity index (χ2n) is 12.5. The van der Waals surface area contributed by atoms with Crippen LogP contribution in [0.5, 0.6) is 0 Å². The van der Waals surface area contributed by atoms with E-state index in [1.54, 1.807) is 0 Å². The zero-order chi connectivity index (χ0) is 32.1. The molecule has 0 bridgehead atoms. The third-order valence-electron chi connectivity index (χ3n) is 9.80. The van der Waals surface area contributed by atoms with Crippen molar-refractivity contribution in [3.8, 4) is 28.3 Å². The molecule has 49 heavy (non-hydrogen) atoms. The third-order valence-corrected chi connectivity index (χ3v) is 9.80. The monoisotopic (exact) mass is 627 g/mol. The molecule has 0 N–H and O–H groups in total. The van der Waals surface area contributed by atoms with Gasteiger partial charge in [-0.15, -0.1) is 0 Å². The Labute approximate surface area is 279 Å². The number of nitrogens with zero attached hydrogens (tertiary/aromatic N) is 3. The maximum absolute atomic E-state index is 6.51. The van der Waals surface area contributed by atoms with Crippen molar-refractivity contribution in [3.05, 3.63) is 152 Å². The van der Waals surface area contributed by atoms with Crippen LogP contribution in [0.15, 0.2) is 160 Å². The second kappa shape index (κ2) is 9.89. The molecule has 228 valence electrons. The molecule has 0 amide bonds. The number of rotatable bonds is 3. The van der Waals surface area contributed by atoms with E-state index < -0.39 is 0 Å². The summed E-state index contributed by atoms with van der Waals surface area (Å²) in [7, 11) is 0. The van der Waals surface area contributed by atoms with Crippen LogP contribution in [0, 0.1) is 0 Å². The fraction of sp³-hybridized carbons (Fsp3) is 0. The van der Waals surface area contributed by atoms with Crippen LogP contribution in [0.2, 0.25) is 0 Å². The summed E-state index contributed by atoms with van der Waals surface area (Å²) in [6, 6.07) is 52.6. The van der Waals surface area contributed by atoms with Crippen LogP contribution in [0.1, 0.15) is 0 Å². The van der Waals surface area contributed by atoms with Crippen molar-refractivity contribution in [2.24, 2.45) is 0 Å². The molecule has 0 radical (unpaired) electrons. The van der Waals surface area contributed by atoms with E-state index in [1.165, 1.54) is 27.1 Å². The number of fused-ring (bicyclic) bond motifs is 11. The summed E-state index contributed by atoms with van der Waals surface area (Å²) in [5, 5.41) is 7.84. The molecule has 0 atom stereocenters. The molecular weight excluding hydrogens is 603 g/mol. The zero-order valence-corrected chi connectivity index (χ0v) is 26.1. The molecule has 4 heterocycles. The summed E-state index contributed by atoms with van der Waals surface area (Å²) in [5.74, 6) is 0.625. The minimum absolute atomic E-state index is 0.625. The minimum Gasteiger partial charge on any atom is -0.456 e. The normalized spacial score (nSPS) is 12.1. The Balaban J connectivity index is 1.22. The number of hydrogen-bond acceptors (Lipinski definition) is 4. The standard InChI is InChI=1S/C44H25N3O2/c1-2-12-27(13-3-1)40-43-41(32-16-7-9-19-36(32)49-43)46-44(45-40)33-17-10-20-38-39(33)34-25-28(22-24-37(34)48-38)47-35-18-8-6-15-30(35)31-23-21-26-11-4-5-14-29(26)42(31)47/h1-25H. The fourth-order valence-corrected chi connectivity index (χ4v) is 7.64. The quantitative estimate of drug-likeness (QED) is 0.196. The third kappa shape index (κ3) is 3.75. The van der Waals surface area contributed by atoms with Gasteiger partial charge in [0.1, 0.15) is 28.0 Å². The lowest BCUT2D eigenvalue weighted by Crippen LogP contribution is -1.95. The number of aromatic nitrogens is 3. The van der Waals surface area contributed by atoms with E-state index in [-0.39, 0.29) is 0 Å². The van der Waals surface area contributed by atoms with E-state index in [0.717, 1.165) is 66.4 Å². The van der Waals surface area contributed by atoms with Gasteiger partial charge in [-0.2, -0.15) is 0 Å². The SMILES string of the molecule is c1ccc(-c2nc(-c3cccc4oc5ccc(-n6c7ccccc7c7ccc8ccccc8c76)cc5c34)nc3c2oc2ccccc23)cc1. The van der Waals surface area contributed by atoms with Gasteiger partial charge in [-0.25, -0.2) is 9.97 Å². The number of benzene rings is 7. The number of para-hydroxylation sites is 2. The molecule has 7 aromatic carbocycles. The van der Waals surface area contributed by atoms with Gasteiger partial charge in [-0.1, -0.05) is 109 Å². The first-order chi connectivity index (χ1) is 24.3. The molecule has 0 saturated heterocycles. The molecule has 11 aromatic rings. The van der Waals surface area contributed by atoms with Crippen LogP contribution in [0.25, 0.3) is 105 Å². The Morgan fingerprint density at radius 1 is 0.490 bits per heavy atom. The van der Waals surface area contributed by atoms with Crippen molar-refractivity contribution in [1.82, 2.24) is 14.5 Å². The lowest BCUT2D eigenvalue weighted by Gasteiger charge is -2.10. The Hall–Kier alpha value is -6.72. The predicted molar refractivity (Wildman–Crippen MR) is 199 cm³/mol. The van der Waals surface area contributed by atoms with Gasteiger partial charge in [0.05, 0.1) is 11.0 Å². The molecule has 5 heteroatoms. The van der Waals surface area contributed by atoms with Gasteiger partial charge in [0, 0.05) is 49.1 Å². The summed E-state index contributed by atoms with van der Waals surface area (Å²) in [5.41, 5.74) is 9.93. The average Bonchev–Trinajstić information content (AvgIpc) is 3.84. The highest BCUT2D eigenvalue weighted by molar-refractivity contribution is 6.19. The van der Waals surface area contributed by atoms with Crippen molar-refractivity contribution in [1.29, 1.82) is 0 Å². The molecule has 0 aliphatic carbocycles. The van der Waals surface area contributed by atoms with Gasteiger partial charge in [-0.05, 0) is 47.9 Å².